The molecule has 0 saturated carbocycles. The van der Waals surface area contributed by atoms with E-state index in [9.17, 15) is 13.9 Å². The van der Waals surface area contributed by atoms with Gasteiger partial charge in [-0.15, -0.1) is 11.3 Å². The molecule has 2 aromatic rings. The molecule has 0 bridgehead atoms. The monoisotopic (exact) mass is 383 g/mol. The van der Waals surface area contributed by atoms with Crippen LogP contribution in [0.3, 0.4) is 0 Å². The van der Waals surface area contributed by atoms with E-state index in [1.165, 1.54) is 17.4 Å². The molecule has 0 saturated heterocycles. The first-order valence-electron chi connectivity index (χ1n) is 8.29. The minimum Gasteiger partial charge on any atom is -0.492 e. The molecule has 5 nitrogen and oxygen atoms in total. The molecular weight excluding hydrogens is 360 g/mol. The molecule has 0 fully saturated rings. The number of nitrogens with zero attached hydrogens (tertiary/aromatic N) is 1. The van der Waals surface area contributed by atoms with E-state index in [0.717, 1.165) is 17.0 Å². The van der Waals surface area contributed by atoms with Crippen LogP contribution in [0.4, 0.5) is 8.78 Å². The fourth-order valence-corrected chi connectivity index (χ4v) is 2.92. The van der Waals surface area contributed by atoms with Crippen molar-refractivity contribution in [3.8, 4) is 5.75 Å². The number of thiophene rings is 1. The third-order valence-electron chi connectivity index (χ3n) is 3.50. The van der Waals surface area contributed by atoms with Crippen molar-refractivity contribution in [2.75, 3.05) is 26.2 Å². The Morgan fingerprint density at radius 3 is 2.73 bits per heavy atom. The minimum absolute atomic E-state index is 0.201. The van der Waals surface area contributed by atoms with Crippen molar-refractivity contribution in [2.24, 2.45) is 4.99 Å². The van der Waals surface area contributed by atoms with Crippen molar-refractivity contribution in [3.05, 3.63) is 52.2 Å². The Bertz CT molecular complexity index is 721. The predicted octanol–water partition coefficient (Wildman–Crippen LogP) is 2.87. The summed E-state index contributed by atoms with van der Waals surface area (Å²) in [5, 5.41) is 18.6. The topological polar surface area (TPSA) is 65.9 Å². The molecule has 0 spiro atoms. The van der Waals surface area contributed by atoms with Crippen molar-refractivity contribution in [3.63, 3.8) is 0 Å². The van der Waals surface area contributed by atoms with Gasteiger partial charge in [-0.25, -0.2) is 13.8 Å². The number of halogens is 2. The fraction of sp³-hybridized carbons (Fsp3) is 0.389. The largest absolute Gasteiger partial charge is 0.492 e. The quantitative estimate of drug-likeness (QED) is 0.373. The van der Waals surface area contributed by atoms with E-state index in [0.29, 0.717) is 19.0 Å². The van der Waals surface area contributed by atoms with Crippen molar-refractivity contribution in [1.82, 2.24) is 10.6 Å². The Labute approximate surface area is 155 Å². The number of ether oxygens (including phenoxy) is 1. The van der Waals surface area contributed by atoms with Crippen LogP contribution in [-0.4, -0.2) is 37.3 Å². The number of aliphatic imine (C=N–C) groups is 1. The number of hydrogen-bond acceptors (Lipinski definition) is 4. The minimum atomic E-state index is -1.04. The van der Waals surface area contributed by atoms with Crippen molar-refractivity contribution in [2.45, 2.75) is 19.4 Å². The van der Waals surface area contributed by atoms with Gasteiger partial charge in [-0.2, -0.15) is 0 Å². The molecule has 142 valence electrons. The van der Waals surface area contributed by atoms with Gasteiger partial charge in [-0.3, -0.25) is 0 Å². The Kier molecular flexibility index (Phi) is 7.35. The summed E-state index contributed by atoms with van der Waals surface area (Å²) in [4.78, 5) is 5.24. The van der Waals surface area contributed by atoms with Crippen LogP contribution in [0, 0.1) is 11.6 Å². The highest BCUT2D eigenvalue weighted by Crippen LogP contribution is 2.25. The maximum atomic E-state index is 13.1. The average molecular weight is 383 g/mol. The summed E-state index contributed by atoms with van der Waals surface area (Å²) >= 11 is 1.48. The van der Waals surface area contributed by atoms with Gasteiger partial charge in [-0.05, 0) is 37.4 Å². The summed E-state index contributed by atoms with van der Waals surface area (Å²) in [5.41, 5.74) is -1.04. The van der Waals surface area contributed by atoms with Gasteiger partial charge < -0.3 is 20.5 Å². The molecule has 0 aliphatic rings. The molecule has 26 heavy (non-hydrogen) atoms. The van der Waals surface area contributed by atoms with Gasteiger partial charge in [0, 0.05) is 17.5 Å². The predicted molar refractivity (Wildman–Crippen MR) is 99.7 cm³/mol. The average Bonchev–Trinajstić information content (AvgIpc) is 3.15. The molecule has 1 atom stereocenters. The van der Waals surface area contributed by atoms with Gasteiger partial charge in [0.25, 0.3) is 0 Å². The number of aliphatic hydroxyl groups is 1. The molecule has 0 aliphatic heterocycles. The maximum absolute atomic E-state index is 13.1. The second-order valence-electron chi connectivity index (χ2n) is 5.80. The van der Waals surface area contributed by atoms with Gasteiger partial charge in [0.2, 0.25) is 0 Å². The van der Waals surface area contributed by atoms with Gasteiger partial charge in [-0.1, -0.05) is 6.07 Å². The summed E-state index contributed by atoms with van der Waals surface area (Å²) in [6.45, 7) is 5.18. The molecule has 1 unspecified atom stereocenters. The lowest BCUT2D eigenvalue weighted by Crippen LogP contribution is -2.40. The Morgan fingerprint density at radius 1 is 1.27 bits per heavy atom. The highest BCUT2D eigenvalue weighted by molar-refractivity contribution is 7.10. The molecule has 0 radical (unpaired) electrons. The highest BCUT2D eigenvalue weighted by Gasteiger charge is 2.23. The van der Waals surface area contributed by atoms with E-state index >= 15 is 0 Å². The van der Waals surface area contributed by atoms with E-state index < -0.39 is 17.2 Å². The number of nitrogens with one attached hydrogen (secondary N) is 2. The zero-order chi connectivity index (χ0) is 19.0. The van der Waals surface area contributed by atoms with Crippen molar-refractivity contribution >= 4 is 17.3 Å². The molecule has 2 rings (SSSR count). The van der Waals surface area contributed by atoms with E-state index in [-0.39, 0.29) is 18.9 Å². The lowest BCUT2D eigenvalue weighted by Gasteiger charge is -2.20. The number of rotatable bonds is 8. The summed E-state index contributed by atoms with van der Waals surface area (Å²) in [6, 6.07) is 7.16. The van der Waals surface area contributed by atoms with E-state index in [1.807, 2.05) is 24.4 Å². The Hall–Kier alpha value is -2.19. The second-order valence-corrected chi connectivity index (χ2v) is 6.75. The molecule has 8 heteroatoms. The lowest BCUT2D eigenvalue weighted by molar-refractivity contribution is 0.0711. The standard InChI is InChI=1S/C18H23F2N3O2S/c1-3-21-17(23-12-18(2,24)16-5-4-10-26-16)22-8-9-25-13-6-7-14(19)15(20)11-13/h4-7,10-11,24H,3,8-9,12H2,1-2H3,(H2,21,22,23). The van der Waals surface area contributed by atoms with E-state index in [1.54, 1.807) is 6.92 Å². The molecule has 0 aliphatic carbocycles. The zero-order valence-electron chi connectivity index (χ0n) is 14.8. The Morgan fingerprint density at radius 2 is 2.08 bits per heavy atom. The van der Waals surface area contributed by atoms with E-state index in [4.69, 9.17) is 4.74 Å². The lowest BCUT2D eigenvalue weighted by atomic mass is 10.1. The first kappa shape index (κ1) is 20.1. The van der Waals surface area contributed by atoms with Crippen LogP contribution in [0.2, 0.25) is 0 Å². The van der Waals surface area contributed by atoms with Crippen LogP contribution in [0.25, 0.3) is 0 Å². The molecule has 1 aromatic carbocycles. The number of guanidine groups is 1. The highest BCUT2D eigenvalue weighted by atomic mass is 32.1. The van der Waals surface area contributed by atoms with Crippen molar-refractivity contribution < 1.29 is 18.6 Å². The molecule has 0 amide bonds. The number of benzene rings is 1. The molecular formula is C18H23F2N3O2S. The number of hydrogen-bond donors (Lipinski definition) is 3. The second kappa shape index (κ2) is 9.49. The van der Waals surface area contributed by atoms with Gasteiger partial charge in [0.1, 0.15) is 18.0 Å². The fourth-order valence-electron chi connectivity index (χ4n) is 2.14. The first-order valence-corrected chi connectivity index (χ1v) is 9.16. The van der Waals surface area contributed by atoms with Crippen LogP contribution < -0.4 is 15.4 Å². The van der Waals surface area contributed by atoms with Crippen LogP contribution in [0.5, 0.6) is 5.75 Å². The molecule has 1 aromatic heterocycles. The maximum Gasteiger partial charge on any atom is 0.191 e. The Balaban J connectivity index is 1.84. The third-order valence-corrected chi connectivity index (χ3v) is 4.62. The summed E-state index contributed by atoms with van der Waals surface area (Å²) in [5.74, 6) is -1.05. The first-order chi connectivity index (χ1) is 12.4. The molecule has 1 heterocycles. The summed E-state index contributed by atoms with van der Waals surface area (Å²) < 4.78 is 31.4. The van der Waals surface area contributed by atoms with Gasteiger partial charge in [0.05, 0.1) is 13.1 Å². The third kappa shape index (κ3) is 5.96. The molecule has 3 N–H and O–H groups in total. The summed E-state index contributed by atoms with van der Waals surface area (Å²) in [6.07, 6.45) is 0. The zero-order valence-corrected chi connectivity index (χ0v) is 15.6. The van der Waals surface area contributed by atoms with Crippen LogP contribution in [0.1, 0.15) is 18.7 Å². The van der Waals surface area contributed by atoms with E-state index in [2.05, 4.69) is 15.6 Å². The van der Waals surface area contributed by atoms with Crippen molar-refractivity contribution in [1.29, 1.82) is 0 Å². The smallest absolute Gasteiger partial charge is 0.191 e. The van der Waals surface area contributed by atoms with Gasteiger partial charge in [0.15, 0.2) is 17.6 Å². The normalized spacial score (nSPS) is 14.0. The van der Waals surface area contributed by atoms with Crippen LogP contribution in [0.15, 0.2) is 40.7 Å². The SMILES string of the molecule is CCNC(=NCC(C)(O)c1cccs1)NCCOc1ccc(F)c(F)c1. The summed E-state index contributed by atoms with van der Waals surface area (Å²) in [7, 11) is 0. The van der Waals surface area contributed by atoms with Gasteiger partial charge >= 0.3 is 0 Å². The van der Waals surface area contributed by atoms with Crippen LogP contribution >= 0.6 is 11.3 Å². The van der Waals surface area contributed by atoms with Crippen LogP contribution in [-0.2, 0) is 5.60 Å².